The number of fused-ring (bicyclic) bond motifs is 1. The lowest BCUT2D eigenvalue weighted by Gasteiger charge is -2.12. The Balaban J connectivity index is 1.67. The van der Waals surface area contributed by atoms with E-state index in [0.29, 0.717) is 23.0 Å². The summed E-state index contributed by atoms with van der Waals surface area (Å²) < 4.78 is 42.7. The summed E-state index contributed by atoms with van der Waals surface area (Å²) >= 11 is 1.61. The molecule has 10 heteroatoms. The standard InChI is InChI=1S/C20H16F3N5OS/c1-11-25-16-9-13(6-7-17(16)30-11)26-18-10-15(27-19(24-2)28-18)12-4-3-5-14(8-12)29-20(21,22)23/h3-10H,1-2H3,(H2,24,26,27,28). The van der Waals surface area contributed by atoms with Crippen molar-refractivity contribution >= 4 is 39.0 Å². The van der Waals surface area contributed by atoms with E-state index in [1.807, 2.05) is 25.1 Å². The molecule has 0 amide bonds. The first kappa shape index (κ1) is 19.9. The number of hydrogen-bond donors (Lipinski definition) is 2. The number of hydrogen-bond acceptors (Lipinski definition) is 7. The van der Waals surface area contributed by atoms with Crippen LogP contribution in [0.25, 0.3) is 21.5 Å². The summed E-state index contributed by atoms with van der Waals surface area (Å²) in [4.78, 5) is 13.2. The maximum atomic E-state index is 12.5. The van der Waals surface area contributed by atoms with E-state index in [1.54, 1.807) is 30.5 Å². The SMILES string of the molecule is CNc1nc(Nc2ccc3sc(C)nc3c2)cc(-c2cccc(OC(F)(F)F)c2)n1. The smallest absolute Gasteiger partial charge is 0.406 e. The number of rotatable bonds is 5. The molecule has 0 saturated carbocycles. The van der Waals surface area contributed by atoms with Crippen LogP contribution in [-0.2, 0) is 0 Å². The van der Waals surface area contributed by atoms with Crippen molar-refractivity contribution in [2.24, 2.45) is 0 Å². The Morgan fingerprint density at radius 1 is 1.00 bits per heavy atom. The van der Waals surface area contributed by atoms with Gasteiger partial charge in [-0.1, -0.05) is 12.1 Å². The molecule has 4 rings (SSSR count). The fourth-order valence-corrected chi connectivity index (χ4v) is 3.70. The predicted octanol–water partition coefficient (Wildman–Crippen LogP) is 5.75. The summed E-state index contributed by atoms with van der Waals surface area (Å²) in [6, 6.07) is 13.1. The van der Waals surface area contributed by atoms with Gasteiger partial charge in [0.2, 0.25) is 5.95 Å². The van der Waals surface area contributed by atoms with Crippen LogP contribution in [0.15, 0.2) is 48.5 Å². The molecule has 0 spiro atoms. The van der Waals surface area contributed by atoms with Crippen molar-refractivity contribution in [2.45, 2.75) is 13.3 Å². The highest BCUT2D eigenvalue weighted by molar-refractivity contribution is 7.18. The second-order valence-corrected chi connectivity index (χ2v) is 7.56. The summed E-state index contributed by atoms with van der Waals surface area (Å²) in [5.74, 6) is 0.490. The van der Waals surface area contributed by atoms with E-state index in [0.717, 1.165) is 20.9 Å². The van der Waals surface area contributed by atoms with Gasteiger partial charge in [0.25, 0.3) is 0 Å². The number of benzene rings is 2. The van der Waals surface area contributed by atoms with Gasteiger partial charge in [0.1, 0.15) is 11.6 Å². The van der Waals surface area contributed by atoms with E-state index < -0.39 is 6.36 Å². The van der Waals surface area contributed by atoms with Crippen LogP contribution in [0.5, 0.6) is 5.75 Å². The van der Waals surface area contributed by atoms with Gasteiger partial charge in [0.15, 0.2) is 0 Å². The zero-order valence-electron chi connectivity index (χ0n) is 15.9. The van der Waals surface area contributed by atoms with Gasteiger partial charge in [0.05, 0.1) is 20.9 Å². The van der Waals surface area contributed by atoms with Crippen LogP contribution in [-0.4, -0.2) is 28.4 Å². The molecule has 4 aromatic rings. The molecular formula is C20H16F3N5OS. The Morgan fingerprint density at radius 2 is 1.83 bits per heavy atom. The zero-order chi connectivity index (χ0) is 21.3. The second kappa shape index (κ2) is 7.79. The zero-order valence-corrected chi connectivity index (χ0v) is 16.7. The molecule has 0 bridgehead atoms. The van der Waals surface area contributed by atoms with Crippen LogP contribution in [0.3, 0.4) is 0 Å². The maximum absolute atomic E-state index is 12.5. The summed E-state index contributed by atoms with van der Waals surface area (Å²) in [5, 5.41) is 7.05. The van der Waals surface area contributed by atoms with E-state index in [4.69, 9.17) is 0 Å². The molecule has 0 aliphatic carbocycles. The molecular weight excluding hydrogens is 415 g/mol. The molecule has 2 aromatic heterocycles. The van der Waals surface area contributed by atoms with E-state index in [1.165, 1.54) is 18.2 Å². The number of thiazole rings is 1. The molecule has 30 heavy (non-hydrogen) atoms. The van der Waals surface area contributed by atoms with Crippen LogP contribution in [0.2, 0.25) is 0 Å². The average Bonchev–Trinajstić information content (AvgIpc) is 3.06. The quantitative estimate of drug-likeness (QED) is 0.420. The lowest BCUT2D eigenvalue weighted by atomic mass is 10.1. The van der Waals surface area contributed by atoms with Crippen molar-refractivity contribution in [3.05, 3.63) is 53.5 Å². The summed E-state index contributed by atoms with van der Waals surface area (Å²) in [5.41, 5.74) is 2.57. The number of nitrogens with one attached hydrogen (secondary N) is 2. The van der Waals surface area contributed by atoms with Gasteiger partial charge in [-0.2, -0.15) is 4.98 Å². The average molecular weight is 431 g/mol. The minimum Gasteiger partial charge on any atom is -0.406 e. The first-order valence-corrected chi connectivity index (χ1v) is 9.68. The number of ether oxygens (including phenoxy) is 1. The van der Waals surface area contributed by atoms with E-state index in [-0.39, 0.29) is 5.75 Å². The van der Waals surface area contributed by atoms with Crippen LogP contribution in [0.4, 0.5) is 30.6 Å². The lowest BCUT2D eigenvalue weighted by Crippen LogP contribution is -2.17. The maximum Gasteiger partial charge on any atom is 0.573 e. The third-order valence-corrected chi connectivity index (χ3v) is 5.03. The highest BCUT2D eigenvalue weighted by Crippen LogP contribution is 2.30. The van der Waals surface area contributed by atoms with E-state index in [2.05, 4.69) is 30.3 Å². The second-order valence-electron chi connectivity index (χ2n) is 6.33. The van der Waals surface area contributed by atoms with Gasteiger partial charge < -0.3 is 15.4 Å². The Labute approximate surface area is 173 Å². The fraction of sp³-hybridized carbons (Fsp3) is 0.150. The normalized spacial score (nSPS) is 11.5. The predicted molar refractivity (Wildman–Crippen MR) is 111 cm³/mol. The third-order valence-electron chi connectivity index (χ3n) is 4.08. The Hall–Kier alpha value is -3.40. The summed E-state index contributed by atoms with van der Waals surface area (Å²) in [7, 11) is 1.66. The Kier molecular flexibility index (Phi) is 5.17. The molecule has 2 aromatic carbocycles. The number of anilines is 3. The first-order chi connectivity index (χ1) is 14.3. The molecule has 0 radical (unpaired) electrons. The number of halogens is 3. The van der Waals surface area contributed by atoms with Gasteiger partial charge >= 0.3 is 6.36 Å². The Morgan fingerprint density at radius 3 is 2.60 bits per heavy atom. The summed E-state index contributed by atoms with van der Waals surface area (Å²) in [6.45, 7) is 1.95. The number of aryl methyl sites for hydroxylation is 1. The van der Waals surface area contributed by atoms with Crippen LogP contribution < -0.4 is 15.4 Å². The number of nitrogens with zero attached hydrogens (tertiary/aromatic N) is 3. The van der Waals surface area contributed by atoms with Gasteiger partial charge in [0, 0.05) is 24.4 Å². The van der Waals surface area contributed by atoms with Gasteiger partial charge in [-0.25, -0.2) is 9.97 Å². The van der Waals surface area contributed by atoms with Gasteiger partial charge in [-0.15, -0.1) is 24.5 Å². The van der Waals surface area contributed by atoms with Crippen molar-refractivity contribution in [1.29, 1.82) is 0 Å². The molecule has 0 saturated heterocycles. The lowest BCUT2D eigenvalue weighted by molar-refractivity contribution is -0.274. The minimum atomic E-state index is -4.76. The highest BCUT2D eigenvalue weighted by Gasteiger charge is 2.31. The van der Waals surface area contributed by atoms with Crippen molar-refractivity contribution in [3.8, 4) is 17.0 Å². The van der Waals surface area contributed by atoms with Crippen molar-refractivity contribution in [3.63, 3.8) is 0 Å². The van der Waals surface area contributed by atoms with Crippen molar-refractivity contribution in [2.75, 3.05) is 17.7 Å². The van der Waals surface area contributed by atoms with Crippen LogP contribution >= 0.6 is 11.3 Å². The van der Waals surface area contributed by atoms with Crippen LogP contribution in [0.1, 0.15) is 5.01 Å². The molecule has 154 valence electrons. The molecule has 0 atom stereocenters. The molecule has 0 unspecified atom stereocenters. The van der Waals surface area contributed by atoms with Crippen molar-refractivity contribution in [1.82, 2.24) is 15.0 Å². The van der Waals surface area contributed by atoms with Gasteiger partial charge in [-0.3, -0.25) is 0 Å². The molecule has 0 aliphatic heterocycles. The number of alkyl halides is 3. The molecule has 0 aliphatic rings. The van der Waals surface area contributed by atoms with Crippen LogP contribution in [0, 0.1) is 6.92 Å². The van der Waals surface area contributed by atoms with Crippen molar-refractivity contribution < 1.29 is 17.9 Å². The third kappa shape index (κ3) is 4.60. The summed E-state index contributed by atoms with van der Waals surface area (Å²) in [6.07, 6.45) is -4.76. The highest BCUT2D eigenvalue weighted by atomic mass is 32.1. The monoisotopic (exact) mass is 431 g/mol. The fourth-order valence-electron chi connectivity index (χ4n) is 2.89. The van der Waals surface area contributed by atoms with E-state index in [9.17, 15) is 13.2 Å². The van der Waals surface area contributed by atoms with Gasteiger partial charge in [-0.05, 0) is 37.3 Å². The molecule has 0 fully saturated rings. The topological polar surface area (TPSA) is 72.0 Å². The Bertz CT molecular complexity index is 1210. The number of aromatic nitrogens is 3. The largest absolute Gasteiger partial charge is 0.573 e. The molecule has 6 nitrogen and oxygen atoms in total. The molecule has 2 N–H and O–H groups in total. The molecule has 2 heterocycles. The minimum absolute atomic E-state index is 0.316. The first-order valence-electron chi connectivity index (χ1n) is 8.86. The van der Waals surface area contributed by atoms with E-state index >= 15 is 0 Å².